The van der Waals surface area contributed by atoms with Gasteiger partial charge in [0.05, 0.1) is 0 Å². The van der Waals surface area contributed by atoms with Crippen molar-refractivity contribution < 1.29 is 0 Å². The summed E-state index contributed by atoms with van der Waals surface area (Å²) < 4.78 is 3.49. The molecular formula is C14H19ClN2S. The van der Waals surface area contributed by atoms with Gasteiger partial charge in [-0.3, -0.25) is 4.72 Å². The highest BCUT2D eigenvalue weighted by Gasteiger charge is 2.32. The molecule has 0 fully saturated rings. The monoisotopic (exact) mass is 282 g/mol. The fraction of sp³-hybridized carbons (Fsp3) is 0.429. The van der Waals surface area contributed by atoms with Gasteiger partial charge in [-0.25, -0.2) is 0 Å². The third kappa shape index (κ3) is 2.91. The molecule has 0 aliphatic carbocycles. The molecule has 1 aliphatic heterocycles. The molecule has 1 aliphatic rings. The molecule has 18 heavy (non-hydrogen) atoms. The van der Waals surface area contributed by atoms with Crippen LogP contribution in [-0.4, -0.2) is 18.6 Å². The number of rotatable bonds is 4. The Hall–Kier alpha value is -0.480. The molecule has 0 radical (unpaired) electrons. The van der Waals surface area contributed by atoms with Gasteiger partial charge in [0, 0.05) is 22.0 Å². The second-order valence-corrected chi connectivity index (χ2v) is 6.18. The quantitative estimate of drug-likeness (QED) is 0.824. The lowest BCUT2D eigenvalue weighted by Gasteiger charge is -2.22. The predicted molar refractivity (Wildman–Crippen MR) is 81.7 cm³/mol. The van der Waals surface area contributed by atoms with Crippen LogP contribution in [0.2, 0.25) is 5.02 Å². The van der Waals surface area contributed by atoms with E-state index in [4.69, 9.17) is 11.6 Å². The minimum absolute atomic E-state index is 0.0296. The maximum Gasteiger partial charge on any atom is 0.0465 e. The van der Waals surface area contributed by atoms with Crippen LogP contribution in [0.1, 0.15) is 26.3 Å². The smallest absolute Gasteiger partial charge is 0.0465 e. The Morgan fingerprint density at radius 1 is 1.28 bits per heavy atom. The van der Waals surface area contributed by atoms with Crippen molar-refractivity contribution in [2.24, 2.45) is 0 Å². The first kappa shape index (κ1) is 13.9. The lowest BCUT2D eigenvalue weighted by Crippen LogP contribution is -2.36. The number of likely N-dealkylation sites (N-methyl/N-ethyl adjacent to an activating group) is 1. The fourth-order valence-corrected chi connectivity index (χ4v) is 3.28. The van der Waals surface area contributed by atoms with Crippen LogP contribution >= 0.6 is 23.5 Å². The SMILES string of the molecule is CCNCC1=C(c2ccc(Cl)cc2)SNC1(C)C. The number of hydrogen-bond donors (Lipinski definition) is 2. The molecule has 0 atom stereocenters. The van der Waals surface area contributed by atoms with Crippen molar-refractivity contribution in [3.63, 3.8) is 0 Å². The van der Waals surface area contributed by atoms with Gasteiger partial charge in [0.15, 0.2) is 0 Å². The zero-order valence-corrected chi connectivity index (χ0v) is 12.6. The van der Waals surface area contributed by atoms with Crippen molar-refractivity contribution in [3.05, 3.63) is 40.4 Å². The van der Waals surface area contributed by atoms with Gasteiger partial charge < -0.3 is 5.32 Å². The van der Waals surface area contributed by atoms with Crippen LogP contribution in [0.15, 0.2) is 29.8 Å². The lowest BCUT2D eigenvalue weighted by molar-refractivity contribution is 0.551. The van der Waals surface area contributed by atoms with Crippen LogP contribution in [0.3, 0.4) is 0 Å². The number of hydrogen-bond acceptors (Lipinski definition) is 3. The predicted octanol–water partition coefficient (Wildman–Crippen LogP) is 3.69. The Balaban J connectivity index is 2.35. The van der Waals surface area contributed by atoms with Crippen LogP contribution in [-0.2, 0) is 0 Å². The molecule has 2 rings (SSSR count). The fourth-order valence-electron chi connectivity index (χ4n) is 1.97. The van der Waals surface area contributed by atoms with E-state index in [0.717, 1.165) is 18.1 Å². The summed E-state index contributed by atoms with van der Waals surface area (Å²) in [7, 11) is 0. The molecule has 0 spiro atoms. The number of nitrogens with one attached hydrogen (secondary N) is 2. The maximum absolute atomic E-state index is 5.94. The molecule has 4 heteroatoms. The molecule has 0 saturated heterocycles. The van der Waals surface area contributed by atoms with E-state index >= 15 is 0 Å². The third-order valence-corrected chi connectivity index (χ3v) is 4.65. The summed E-state index contributed by atoms with van der Waals surface area (Å²) in [6.07, 6.45) is 0. The van der Waals surface area contributed by atoms with Crippen molar-refractivity contribution in [3.8, 4) is 0 Å². The summed E-state index contributed by atoms with van der Waals surface area (Å²) in [5.41, 5.74) is 2.67. The average molecular weight is 283 g/mol. The maximum atomic E-state index is 5.94. The zero-order valence-electron chi connectivity index (χ0n) is 11.0. The van der Waals surface area contributed by atoms with Crippen LogP contribution in [0.4, 0.5) is 0 Å². The van der Waals surface area contributed by atoms with Crippen LogP contribution in [0.5, 0.6) is 0 Å². The molecule has 0 bridgehead atoms. The first-order chi connectivity index (χ1) is 8.54. The van der Waals surface area contributed by atoms with Crippen molar-refractivity contribution in [1.82, 2.24) is 10.0 Å². The van der Waals surface area contributed by atoms with E-state index in [2.05, 4.69) is 42.9 Å². The van der Waals surface area contributed by atoms with Crippen molar-refractivity contribution >= 4 is 28.5 Å². The highest BCUT2D eigenvalue weighted by atomic mass is 35.5. The van der Waals surface area contributed by atoms with Gasteiger partial charge in [-0.15, -0.1) is 0 Å². The molecule has 1 aromatic carbocycles. The van der Waals surface area contributed by atoms with Gasteiger partial charge in [0.2, 0.25) is 0 Å². The van der Waals surface area contributed by atoms with E-state index in [1.807, 2.05) is 12.1 Å². The summed E-state index contributed by atoms with van der Waals surface area (Å²) in [6, 6.07) is 8.06. The third-order valence-electron chi connectivity index (χ3n) is 3.09. The second kappa shape index (κ2) is 5.66. The Bertz CT molecular complexity index is 451. The zero-order chi connectivity index (χ0) is 13.2. The lowest BCUT2D eigenvalue weighted by atomic mass is 9.93. The molecular weight excluding hydrogens is 264 g/mol. The molecule has 2 N–H and O–H groups in total. The van der Waals surface area contributed by atoms with Gasteiger partial charge in [0.25, 0.3) is 0 Å². The van der Waals surface area contributed by atoms with E-state index in [1.54, 1.807) is 11.9 Å². The molecule has 98 valence electrons. The van der Waals surface area contributed by atoms with Crippen LogP contribution < -0.4 is 10.0 Å². The Kier molecular flexibility index (Phi) is 4.38. The van der Waals surface area contributed by atoms with E-state index < -0.39 is 0 Å². The Morgan fingerprint density at radius 2 is 1.94 bits per heavy atom. The van der Waals surface area contributed by atoms with Crippen molar-refractivity contribution in [2.45, 2.75) is 26.3 Å². The van der Waals surface area contributed by atoms with Gasteiger partial charge in [0.1, 0.15) is 0 Å². The second-order valence-electron chi connectivity index (χ2n) is 4.92. The van der Waals surface area contributed by atoms with E-state index in [-0.39, 0.29) is 5.54 Å². The normalized spacial score (nSPS) is 18.4. The Morgan fingerprint density at radius 3 is 2.56 bits per heavy atom. The molecule has 2 nitrogen and oxygen atoms in total. The Labute approximate surface area is 118 Å². The molecule has 1 aromatic rings. The van der Waals surface area contributed by atoms with Crippen molar-refractivity contribution in [2.75, 3.05) is 13.1 Å². The summed E-state index contributed by atoms with van der Waals surface area (Å²) >= 11 is 7.66. The van der Waals surface area contributed by atoms with E-state index in [9.17, 15) is 0 Å². The largest absolute Gasteiger partial charge is 0.313 e. The summed E-state index contributed by atoms with van der Waals surface area (Å²) in [5.74, 6) is 0. The van der Waals surface area contributed by atoms with Crippen LogP contribution in [0.25, 0.3) is 4.91 Å². The van der Waals surface area contributed by atoms with Gasteiger partial charge in [-0.1, -0.05) is 30.7 Å². The van der Waals surface area contributed by atoms with Crippen molar-refractivity contribution in [1.29, 1.82) is 0 Å². The summed E-state index contributed by atoms with van der Waals surface area (Å²) in [6.45, 7) is 8.47. The van der Waals surface area contributed by atoms with Gasteiger partial charge in [-0.05, 0) is 55.6 Å². The van der Waals surface area contributed by atoms with E-state index in [0.29, 0.717) is 0 Å². The van der Waals surface area contributed by atoms with Gasteiger partial charge >= 0.3 is 0 Å². The van der Waals surface area contributed by atoms with E-state index in [1.165, 1.54) is 16.0 Å². The standard InChI is InChI=1S/C14H19ClN2S/c1-4-16-9-12-13(18-17-14(12,2)3)10-5-7-11(15)8-6-10/h5-8,16-17H,4,9H2,1-3H3. The molecule has 1 heterocycles. The first-order valence-corrected chi connectivity index (χ1v) is 7.38. The minimum atomic E-state index is 0.0296. The van der Waals surface area contributed by atoms with Crippen LogP contribution in [0, 0.1) is 0 Å². The topological polar surface area (TPSA) is 24.1 Å². The average Bonchev–Trinajstić information content (AvgIpc) is 2.63. The molecule has 0 aromatic heterocycles. The number of halogens is 1. The molecule has 0 saturated carbocycles. The first-order valence-electron chi connectivity index (χ1n) is 6.19. The molecule has 0 unspecified atom stereocenters. The summed E-state index contributed by atoms with van der Waals surface area (Å²) in [5, 5.41) is 4.20. The highest BCUT2D eigenvalue weighted by molar-refractivity contribution is 8.07. The minimum Gasteiger partial charge on any atom is -0.313 e. The van der Waals surface area contributed by atoms with Gasteiger partial charge in [-0.2, -0.15) is 0 Å². The summed E-state index contributed by atoms with van der Waals surface area (Å²) in [4.78, 5) is 1.32. The highest BCUT2D eigenvalue weighted by Crippen LogP contribution is 2.41. The number of benzene rings is 1. The molecule has 0 amide bonds.